The molecule has 4 nitrogen and oxygen atoms in total. The van der Waals surface area contributed by atoms with Crippen LogP contribution in [0.4, 0.5) is 5.69 Å². The Morgan fingerprint density at radius 2 is 1.80 bits per heavy atom. The lowest BCUT2D eigenvalue weighted by Crippen LogP contribution is -2.28. The van der Waals surface area contributed by atoms with Gasteiger partial charge in [0.1, 0.15) is 0 Å². The maximum absolute atomic E-state index is 12.4. The Morgan fingerprint density at radius 1 is 1.12 bits per heavy atom. The standard InChI is InChI=1S/C19H17Cl2NO3/c1-12-15(21)3-2-4-16(12)22-17(23)11-25-18(24)19(9-10-19)13-5-7-14(20)8-6-13/h2-8H,9-11H2,1H3,(H,22,23). The molecule has 0 aromatic heterocycles. The van der Waals surface area contributed by atoms with Gasteiger partial charge in [-0.3, -0.25) is 9.59 Å². The quantitative estimate of drug-likeness (QED) is 0.779. The molecule has 1 aliphatic rings. The molecule has 1 fully saturated rings. The molecule has 0 radical (unpaired) electrons. The highest BCUT2D eigenvalue weighted by Gasteiger charge is 2.52. The number of nitrogens with one attached hydrogen (secondary N) is 1. The lowest BCUT2D eigenvalue weighted by atomic mass is 9.96. The third-order valence-electron chi connectivity index (χ3n) is 4.41. The molecule has 2 aromatic rings. The third kappa shape index (κ3) is 3.80. The summed E-state index contributed by atoms with van der Waals surface area (Å²) in [6, 6.07) is 12.4. The van der Waals surface area contributed by atoms with Gasteiger partial charge in [0, 0.05) is 15.7 Å². The van der Waals surface area contributed by atoms with E-state index in [0.717, 1.165) is 11.1 Å². The zero-order chi connectivity index (χ0) is 18.0. The summed E-state index contributed by atoms with van der Waals surface area (Å²) < 4.78 is 5.24. The molecule has 2 aromatic carbocycles. The molecule has 25 heavy (non-hydrogen) atoms. The molecule has 1 aliphatic carbocycles. The number of hydrogen-bond acceptors (Lipinski definition) is 3. The highest BCUT2D eigenvalue weighted by Crippen LogP contribution is 2.49. The van der Waals surface area contributed by atoms with Crippen molar-refractivity contribution in [2.24, 2.45) is 0 Å². The number of benzene rings is 2. The molecule has 0 atom stereocenters. The van der Waals surface area contributed by atoms with Crippen LogP contribution >= 0.6 is 23.2 Å². The van der Waals surface area contributed by atoms with E-state index in [2.05, 4.69) is 5.32 Å². The van der Waals surface area contributed by atoms with Crippen LogP contribution in [0.2, 0.25) is 10.0 Å². The van der Waals surface area contributed by atoms with Gasteiger partial charge in [-0.2, -0.15) is 0 Å². The van der Waals surface area contributed by atoms with Crippen LogP contribution in [-0.4, -0.2) is 18.5 Å². The van der Waals surface area contributed by atoms with Crippen molar-refractivity contribution in [1.29, 1.82) is 0 Å². The third-order valence-corrected chi connectivity index (χ3v) is 5.08. The van der Waals surface area contributed by atoms with Crippen molar-refractivity contribution in [2.45, 2.75) is 25.2 Å². The molecule has 0 spiro atoms. The fourth-order valence-electron chi connectivity index (χ4n) is 2.70. The number of esters is 1. The van der Waals surface area contributed by atoms with E-state index < -0.39 is 11.3 Å². The van der Waals surface area contributed by atoms with Gasteiger partial charge in [-0.05, 0) is 55.2 Å². The van der Waals surface area contributed by atoms with Crippen LogP contribution in [0, 0.1) is 6.92 Å². The van der Waals surface area contributed by atoms with Gasteiger partial charge in [-0.15, -0.1) is 0 Å². The maximum Gasteiger partial charge on any atom is 0.317 e. The fourth-order valence-corrected chi connectivity index (χ4v) is 3.00. The van der Waals surface area contributed by atoms with Gasteiger partial charge >= 0.3 is 5.97 Å². The van der Waals surface area contributed by atoms with Gasteiger partial charge in [-0.25, -0.2) is 0 Å². The summed E-state index contributed by atoms with van der Waals surface area (Å²) in [6.07, 6.45) is 1.42. The number of carbonyl (C=O) groups is 2. The first-order chi connectivity index (χ1) is 11.9. The van der Waals surface area contributed by atoms with Crippen LogP contribution in [-0.2, 0) is 19.7 Å². The number of carbonyl (C=O) groups excluding carboxylic acids is 2. The van der Waals surface area contributed by atoms with Crippen LogP contribution < -0.4 is 5.32 Å². The minimum atomic E-state index is -0.642. The monoisotopic (exact) mass is 377 g/mol. The van der Waals surface area contributed by atoms with Crippen molar-refractivity contribution in [3.63, 3.8) is 0 Å². The average Bonchev–Trinajstić information content (AvgIpc) is 3.39. The fraction of sp³-hybridized carbons (Fsp3) is 0.263. The Kier molecular flexibility index (Phi) is 5.02. The lowest BCUT2D eigenvalue weighted by molar-refractivity contribution is -0.150. The Morgan fingerprint density at radius 3 is 2.44 bits per heavy atom. The first-order valence-electron chi connectivity index (χ1n) is 7.91. The Labute approximate surface area is 156 Å². The predicted octanol–water partition coefficient (Wildman–Crippen LogP) is 4.52. The Balaban J connectivity index is 1.59. The highest BCUT2D eigenvalue weighted by atomic mass is 35.5. The predicted molar refractivity (Wildman–Crippen MR) is 98.1 cm³/mol. The number of rotatable bonds is 5. The second-order valence-corrected chi connectivity index (χ2v) is 6.97. The Hall–Kier alpha value is -2.04. The van der Waals surface area contributed by atoms with Crippen molar-refractivity contribution in [3.8, 4) is 0 Å². The number of ether oxygens (including phenoxy) is 1. The smallest absolute Gasteiger partial charge is 0.317 e. The van der Waals surface area contributed by atoms with E-state index in [0.29, 0.717) is 28.6 Å². The molecule has 6 heteroatoms. The van der Waals surface area contributed by atoms with Crippen LogP contribution in [0.5, 0.6) is 0 Å². The molecule has 0 bridgehead atoms. The summed E-state index contributed by atoms with van der Waals surface area (Å²) in [7, 11) is 0. The number of anilines is 1. The van der Waals surface area contributed by atoms with Crippen LogP contribution in [0.1, 0.15) is 24.0 Å². The van der Waals surface area contributed by atoms with E-state index in [1.807, 2.05) is 19.1 Å². The van der Waals surface area contributed by atoms with Crippen LogP contribution in [0.15, 0.2) is 42.5 Å². The topological polar surface area (TPSA) is 55.4 Å². The van der Waals surface area contributed by atoms with Gasteiger partial charge in [0.15, 0.2) is 6.61 Å². The van der Waals surface area contributed by atoms with Crippen molar-refractivity contribution in [2.75, 3.05) is 11.9 Å². The molecular formula is C19H17Cl2NO3. The van der Waals surface area contributed by atoms with E-state index >= 15 is 0 Å². The van der Waals surface area contributed by atoms with Crippen molar-refractivity contribution in [3.05, 3.63) is 63.6 Å². The van der Waals surface area contributed by atoms with Crippen molar-refractivity contribution < 1.29 is 14.3 Å². The molecule has 0 unspecified atom stereocenters. The Bertz CT molecular complexity index is 814. The average molecular weight is 378 g/mol. The van der Waals surface area contributed by atoms with E-state index in [9.17, 15) is 9.59 Å². The minimum absolute atomic E-state index is 0.333. The molecule has 3 rings (SSSR count). The van der Waals surface area contributed by atoms with Crippen molar-refractivity contribution in [1.82, 2.24) is 0 Å². The number of amides is 1. The first-order valence-corrected chi connectivity index (χ1v) is 8.66. The zero-order valence-corrected chi connectivity index (χ0v) is 15.2. The largest absolute Gasteiger partial charge is 0.455 e. The summed E-state index contributed by atoms with van der Waals surface area (Å²) in [5.41, 5.74) is 1.60. The summed E-state index contributed by atoms with van der Waals surface area (Å²) in [5, 5.41) is 3.89. The second kappa shape index (κ2) is 7.06. The van der Waals surface area contributed by atoms with Gasteiger partial charge in [-0.1, -0.05) is 41.4 Å². The normalized spacial score (nSPS) is 14.7. The van der Waals surface area contributed by atoms with E-state index in [1.54, 1.807) is 30.3 Å². The van der Waals surface area contributed by atoms with Gasteiger partial charge in [0.05, 0.1) is 5.41 Å². The summed E-state index contributed by atoms with van der Waals surface area (Å²) >= 11 is 11.9. The van der Waals surface area contributed by atoms with Crippen LogP contribution in [0.3, 0.4) is 0 Å². The molecule has 0 saturated heterocycles. The molecule has 130 valence electrons. The first kappa shape index (κ1) is 17.8. The van der Waals surface area contributed by atoms with Gasteiger partial charge in [0.2, 0.25) is 0 Å². The molecule has 0 aliphatic heterocycles. The molecular weight excluding hydrogens is 361 g/mol. The zero-order valence-electron chi connectivity index (χ0n) is 13.6. The lowest BCUT2D eigenvalue weighted by Gasteiger charge is -2.15. The highest BCUT2D eigenvalue weighted by molar-refractivity contribution is 6.31. The summed E-state index contributed by atoms with van der Waals surface area (Å²) in [4.78, 5) is 24.5. The summed E-state index contributed by atoms with van der Waals surface area (Å²) in [5.74, 6) is -0.779. The van der Waals surface area contributed by atoms with Gasteiger partial charge < -0.3 is 10.1 Å². The van der Waals surface area contributed by atoms with E-state index in [-0.39, 0.29) is 12.6 Å². The number of halogens is 2. The molecule has 1 saturated carbocycles. The van der Waals surface area contributed by atoms with E-state index in [1.165, 1.54) is 0 Å². The SMILES string of the molecule is Cc1c(Cl)cccc1NC(=O)COC(=O)C1(c2ccc(Cl)cc2)CC1. The number of hydrogen-bond donors (Lipinski definition) is 1. The molecule has 1 amide bonds. The van der Waals surface area contributed by atoms with Crippen LogP contribution in [0.25, 0.3) is 0 Å². The summed E-state index contributed by atoms with van der Waals surface area (Å²) in [6.45, 7) is 1.48. The van der Waals surface area contributed by atoms with Gasteiger partial charge in [0.25, 0.3) is 5.91 Å². The van der Waals surface area contributed by atoms with Crippen molar-refractivity contribution >= 4 is 40.8 Å². The van der Waals surface area contributed by atoms with E-state index in [4.69, 9.17) is 27.9 Å². The molecule has 0 heterocycles. The maximum atomic E-state index is 12.4. The second-order valence-electron chi connectivity index (χ2n) is 6.13. The minimum Gasteiger partial charge on any atom is -0.455 e. The molecule has 1 N–H and O–H groups in total.